The first-order valence-electron chi connectivity index (χ1n) is 41.5. The van der Waals surface area contributed by atoms with Crippen molar-refractivity contribution in [2.24, 2.45) is 11.8 Å². The van der Waals surface area contributed by atoms with Gasteiger partial charge in [0, 0.05) is 25.7 Å². The Morgan fingerprint density at radius 2 is 0.515 bits per heavy atom. The van der Waals surface area contributed by atoms with Crippen LogP contribution in [0.25, 0.3) is 0 Å². The lowest BCUT2D eigenvalue weighted by Crippen LogP contribution is -2.30. The third-order valence-electron chi connectivity index (χ3n) is 19.1. The lowest BCUT2D eigenvalue weighted by atomic mass is 10.00. The minimum absolute atomic E-state index is 0.103. The molecule has 0 saturated carbocycles. The summed E-state index contributed by atoms with van der Waals surface area (Å²) in [6, 6.07) is 0. The van der Waals surface area contributed by atoms with Crippen molar-refractivity contribution < 1.29 is 80.2 Å². The first kappa shape index (κ1) is 97.1. The number of aliphatic hydroxyl groups is 1. The van der Waals surface area contributed by atoms with Crippen molar-refractivity contribution in [2.75, 3.05) is 39.6 Å². The van der Waals surface area contributed by atoms with Gasteiger partial charge in [-0.25, -0.2) is 9.13 Å². The molecule has 0 aliphatic rings. The van der Waals surface area contributed by atoms with Gasteiger partial charge < -0.3 is 33.8 Å². The number of rotatable bonds is 79. The molecule has 0 aromatic carbocycles. The van der Waals surface area contributed by atoms with E-state index in [1.54, 1.807) is 0 Å². The van der Waals surface area contributed by atoms with Gasteiger partial charge in [-0.3, -0.25) is 37.3 Å². The molecule has 3 N–H and O–H groups in total. The minimum Gasteiger partial charge on any atom is -0.462 e. The van der Waals surface area contributed by atoms with E-state index in [-0.39, 0.29) is 25.7 Å². The molecule has 588 valence electrons. The van der Waals surface area contributed by atoms with Crippen molar-refractivity contribution in [3.63, 3.8) is 0 Å². The standard InChI is InChI=1S/C80H156O17P2/c1-7-10-12-14-16-18-19-20-21-22-23-27-30-33-36-40-44-51-57-63-78(83)91-68-75(96-79(84)64-58-52-45-41-37-34-31-28-25-24-26-29-32-35-39-42-48-54-60-72(4)5)70-94-98(86,87)92-66-74(81)67-93-99(88,89)95-71-76(69-90-77(82)62-56-50-43-38-17-15-13-11-8-2)97-80(85)65-59-53-47-46-49-55-61-73(6)9-3/h72-76,81H,7-71H2,1-6H3,(H,86,87)(H,88,89)/t73?,74-,75-,76-/m1/s1. The van der Waals surface area contributed by atoms with Gasteiger partial charge >= 0.3 is 39.5 Å². The molecule has 0 bridgehead atoms. The summed E-state index contributed by atoms with van der Waals surface area (Å²) in [5.41, 5.74) is 0. The van der Waals surface area contributed by atoms with E-state index in [0.29, 0.717) is 25.7 Å². The average molecular weight is 1450 g/mol. The van der Waals surface area contributed by atoms with E-state index in [0.717, 1.165) is 102 Å². The van der Waals surface area contributed by atoms with Gasteiger partial charge in [-0.1, -0.05) is 369 Å². The smallest absolute Gasteiger partial charge is 0.462 e. The molecule has 0 aliphatic heterocycles. The van der Waals surface area contributed by atoms with E-state index < -0.39 is 97.5 Å². The Balaban J connectivity index is 5.18. The highest BCUT2D eigenvalue weighted by Gasteiger charge is 2.30. The van der Waals surface area contributed by atoms with Crippen LogP contribution in [0.15, 0.2) is 0 Å². The molecule has 17 nitrogen and oxygen atoms in total. The number of aliphatic hydroxyl groups excluding tert-OH is 1. The Bertz CT molecular complexity index is 1910. The summed E-state index contributed by atoms with van der Waals surface area (Å²) in [4.78, 5) is 72.8. The minimum atomic E-state index is -4.96. The van der Waals surface area contributed by atoms with Crippen molar-refractivity contribution in [2.45, 2.75) is 439 Å². The average Bonchev–Trinajstić information content (AvgIpc) is 1.02. The summed E-state index contributed by atoms with van der Waals surface area (Å²) in [6.45, 7) is 9.59. The van der Waals surface area contributed by atoms with Crippen LogP contribution in [0.5, 0.6) is 0 Å². The summed E-state index contributed by atoms with van der Waals surface area (Å²) >= 11 is 0. The zero-order valence-electron chi connectivity index (χ0n) is 64.8. The molecule has 0 aromatic heterocycles. The summed E-state index contributed by atoms with van der Waals surface area (Å²) < 4.78 is 68.6. The zero-order valence-corrected chi connectivity index (χ0v) is 66.6. The molecule has 19 heteroatoms. The molecule has 0 radical (unpaired) electrons. The molecule has 0 aliphatic carbocycles. The Morgan fingerprint density at radius 1 is 0.293 bits per heavy atom. The van der Waals surface area contributed by atoms with Crippen molar-refractivity contribution >= 4 is 39.5 Å². The molecule has 3 unspecified atom stereocenters. The predicted octanol–water partition coefficient (Wildman–Crippen LogP) is 23.9. The summed E-state index contributed by atoms with van der Waals surface area (Å²) in [5, 5.41) is 10.6. The van der Waals surface area contributed by atoms with Crippen LogP contribution in [0.1, 0.15) is 420 Å². The highest BCUT2D eigenvalue weighted by molar-refractivity contribution is 7.47. The van der Waals surface area contributed by atoms with Crippen LogP contribution >= 0.6 is 15.6 Å². The van der Waals surface area contributed by atoms with Gasteiger partial charge in [0.1, 0.15) is 19.3 Å². The lowest BCUT2D eigenvalue weighted by molar-refractivity contribution is -0.161. The van der Waals surface area contributed by atoms with Gasteiger partial charge in [-0.2, -0.15) is 0 Å². The third kappa shape index (κ3) is 72.8. The molecular weight excluding hydrogens is 1290 g/mol. The van der Waals surface area contributed by atoms with Gasteiger partial charge in [0.2, 0.25) is 0 Å². The van der Waals surface area contributed by atoms with E-state index in [1.165, 1.54) is 238 Å². The maximum Gasteiger partial charge on any atom is 0.472 e. The molecule has 0 saturated heterocycles. The van der Waals surface area contributed by atoms with Gasteiger partial charge in [0.15, 0.2) is 12.2 Å². The molecule has 0 fully saturated rings. The van der Waals surface area contributed by atoms with E-state index in [4.69, 9.17) is 37.0 Å². The molecule has 99 heavy (non-hydrogen) atoms. The van der Waals surface area contributed by atoms with Crippen LogP contribution in [-0.4, -0.2) is 96.7 Å². The second kappa shape index (κ2) is 71.7. The molecule has 0 heterocycles. The monoisotopic (exact) mass is 1450 g/mol. The number of unbranched alkanes of at least 4 members (excludes halogenated alkanes) is 48. The van der Waals surface area contributed by atoms with E-state index >= 15 is 0 Å². The van der Waals surface area contributed by atoms with Gasteiger partial charge in [-0.05, 0) is 37.5 Å². The number of hydrogen-bond acceptors (Lipinski definition) is 15. The van der Waals surface area contributed by atoms with Crippen molar-refractivity contribution in [1.29, 1.82) is 0 Å². The van der Waals surface area contributed by atoms with Crippen LogP contribution < -0.4 is 0 Å². The summed E-state index contributed by atoms with van der Waals surface area (Å²) in [6.07, 6.45) is 61.3. The second-order valence-corrected chi connectivity index (χ2v) is 32.4. The first-order valence-corrected chi connectivity index (χ1v) is 44.5. The predicted molar refractivity (Wildman–Crippen MR) is 405 cm³/mol. The van der Waals surface area contributed by atoms with E-state index in [9.17, 15) is 43.2 Å². The number of hydrogen-bond donors (Lipinski definition) is 3. The molecule has 6 atom stereocenters. The molecule has 0 rings (SSSR count). The van der Waals surface area contributed by atoms with Crippen molar-refractivity contribution in [3.05, 3.63) is 0 Å². The van der Waals surface area contributed by atoms with Gasteiger partial charge in [0.05, 0.1) is 26.4 Å². The number of ether oxygens (including phenoxy) is 4. The summed E-state index contributed by atoms with van der Waals surface area (Å²) in [7, 11) is -9.91. The van der Waals surface area contributed by atoms with Crippen molar-refractivity contribution in [3.8, 4) is 0 Å². The fourth-order valence-corrected chi connectivity index (χ4v) is 13.9. The molecule has 0 aromatic rings. The van der Waals surface area contributed by atoms with E-state index in [1.807, 2.05) is 0 Å². The fraction of sp³-hybridized carbons (Fsp3) is 0.950. The number of esters is 4. The highest BCUT2D eigenvalue weighted by atomic mass is 31.2. The van der Waals surface area contributed by atoms with Crippen molar-refractivity contribution in [1.82, 2.24) is 0 Å². The maximum atomic E-state index is 13.1. The SMILES string of the molecule is CCCCCCCCCCCCCCCCCCCCCC(=O)OC[C@H](COP(=O)(O)OC[C@@H](O)COP(=O)(O)OC[C@@H](COC(=O)CCCCCCCCCCC)OC(=O)CCCCCCCCC(C)CC)OC(=O)CCCCCCCCCCCCCCCCCCCCC(C)C. The quantitative estimate of drug-likeness (QED) is 0.0222. The van der Waals surface area contributed by atoms with Crippen LogP contribution in [0.2, 0.25) is 0 Å². The third-order valence-corrected chi connectivity index (χ3v) is 21.0. The van der Waals surface area contributed by atoms with Crippen LogP contribution in [0, 0.1) is 11.8 Å². The largest absolute Gasteiger partial charge is 0.472 e. The fourth-order valence-electron chi connectivity index (χ4n) is 12.3. The van der Waals surface area contributed by atoms with Crippen LogP contribution in [0.4, 0.5) is 0 Å². The van der Waals surface area contributed by atoms with Crippen LogP contribution in [-0.2, 0) is 65.4 Å². The molecule has 0 spiro atoms. The Kier molecular flexibility index (Phi) is 70.3. The number of phosphoric acid groups is 2. The Labute approximate surface area is 607 Å². The number of carbonyl (C=O) groups is 4. The zero-order chi connectivity index (χ0) is 72.8. The maximum absolute atomic E-state index is 13.1. The topological polar surface area (TPSA) is 237 Å². The summed E-state index contributed by atoms with van der Waals surface area (Å²) in [5.74, 6) is -0.575. The molecule has 0 amide bonds. The second-order valence-electron chi connectivity index (χ2n) is 29.5. The molecular formula is C80H156O17P2. The van der Waals surface area contributed by atoms with Gasteiger partial charge in [-0.15, -0.1) is 0 Å². The first-order chi connectivity index (χ1) is 47.9. The highest BCUT2D eigenvalue weighted by Crippen LogP contribution is 2.45. The number of carbonyl (C=O) groups excluding carboxylic acids is 4. The normalized spacial score (nSPS) is 14.2. The lowest BCUT2D eigenvalue weighted by Gasteiger charge is -2.21. The Hall–Kier alpha value is -1.94. The van der Waals surface area contributed by atoms with Gasteiger partial charge in [0.25, 0.3) is 0 Å². The van der Waals surface area contributed by atoms with E-state index in [2.05, 4.69) is 41.5 Å². The van der Waals surface area contributed by atoms with Crippen LogP contribution in [0.3, 0.4) is 0 Å². The number of phosphoric ester groups is 2. The Morgan fingerprint density at radius 3 is 0.768 bits per heavy atom.